The molecule has 2 aliphatic rings. The molecule has 5 aromatic rings. The second-order valence-corrected chi connectivity index (χ2v) is 9.86. The van der Waals surface area contributed by atoms with Crippen molar-refractivity contribution in [3.8, 4) is 11.1 Å². The number of nitrogens with zero attached hydrogens (tertiary/aromatic N) is 1. The lowest BCUT2D eigenvalue weighted by molar-refractivity contribution is 0.0990. The standard InChI is InChI=1S/C34H23NO2/c1-20-10-14-23(15-11-20)35-30-16-12-21(2)18-28(30)25-9-5-8-24-22(13-17-31(35)32(24)25)19-29-33(36)26-6-3-4-7-27(26)34(29)37/h3-19H,1-2H3. The molecule has 0 unspecified atom stereocenters. The minimum atomic E-state index is -0.205. The fourth-order valence-electron chi connectivity index (χ4n) is 5.67. The highest BCUT2D eigenvalue weighted by Gasteiger charge is 2.33. The van der Waals surface area contributed by atoms with Gasteiger partial charge in [-0.1, -0.05) is 77.9 Å². The van der Waals surface area contributed by atoms with E-state index in [0.29, 0.717) is 11.1 Å². The molecule has 3 heteroatoms. The Hall–Kier alpha value is -4.76. The largest absolute Gasteiger partial charge is 0.309 e. The predicted octanol–water partition coefficient (Wildman–Crippen LogP) is 8.37. The van der Waals surface area contributed by atoms with Crippen LogP contribution >= 0.6 is 0 Å². The molecule has 0 amide bonds. The zero-order valence-electron chi connectivity index (χ0n) is 20.6. The first-order valence-corrected chi connectivity index (χ1v) is 12.4. The molecule has 0 fully saturated rings. The van der Waals surface area contributed by atoms with E-state index >= 15 is 0 Å². The molecule has 5 aromatic carbocycles. The number of fused-ring (bicyclic) bond motifs is 3. The molecule has 1 aliphatic heterocycles. The van der Waals surface area contributed by atoms with Crippen LogP contribution in [0.1, 0.15) is 37.4 Å². The highest BCUT2D eigenvalue weighted by molar-refractivity contribution is 6.41. The molecule has 0 atom stereocenters. The molecule has 176 valence electrons. The topological polar surface area (TPSA) is 37.4 Å². The number of hydrogen-bond acceptors (Lipinski definition) is 3. The SMILES string of the molecule is Cc1ccc(N2c3ccc(C)cc3-c3cccc4c(C=C5C(=O)c6ccccc6C5=O)ccc2c34)cc1. The molecule has 1 heterocycles. The van der Waals surface area contributed by atoms with Gasteiger partial charge in [-0.15, -0.1) is 0 Å². The molecule has 0 N–H and O–H groups in total. The van der Waals surface area contributed by atoms with Gasteiger partial charge in [0.25, 0.3) is 0 Å². The van der Waals surface area contributed by atoms with Crippen molar-refractivity contribution in [1.29, 1.82) is 0 Å². The maximum Gasteiger partial charge on any atom is 0.197 e. The number of rotatable bonds is 2. The summed E-state index contributed by atoms with van der Waals surface area (Å²) in [5.74, 6) is -0.411. The van der Waals surface area contributed by atoms with Crippen molar-refractivity contribution in [1.82, 2.24) is 0 Å². The van der Waals surface area contributed by atoms with Gasteiger partial charge < -0.3 is 4.90 Å². The van der Waals surface area contributed by atoms with Crippen molar-refractivity contribution in [3.05, 3.63) is 130 Å². The molecule has 0 spiro atoms. The average Bonchev–Trinajstić information content (AvgIpc) is 3.16. The molecule has 1 aliphatic carbocycles. The second-order valence-electron chi connectivity index (χ2n) is 9.86. The van der Waals surface area contributed by atoms with Crippen molar-refractivity contribution in [2.45, 2.75) is 13.8 Å². The maximum atomic E-state index is 13.1. The van der Waals surface area contributed by atoms with E-state index in [1.54, 1.807) is 30.3 Å². The van der Waals surface area contributed by atoms with Gasteiger partial charge in [0.1, 0.15) is 0 Å². The summed E-state index contributed by atoms with van der Waals surface area (Å²) in [5.41, 5.74) is 10.1. The third kappa shape index (κ3) is 3.14. The van der Waals surface area contributed by atoms with Crippen LogP contribution in [-0.4, -0.2) is 11.6 Å². The second kappa shape index (κ2) is 7.87. The van der Waals surface area contributed by atoms with Crippen LogP contribution in [-0.2, 0) is 0 Å². The Morgan fingerprint density at radius 1 is 0.595 bits per heavy atom. The highest BCUT2D eigenvalue weighted by atomic mass is 16.2. The minimum absolute atomic E-state index is 0.205. The van der Waals surface area contributed by atoms with Crippen LogP contribution in [0, 0.1) is 13.8 Å². The van der Waals surface area contributed by atoms with Crippen LogP contribution in [0.2, 0.25) is 0 Å². The number of carbonyl (C=O) groups is 2. The molecule has 0 radical (unpaired) electrons. The smallest absolute Gasteiger partial charge is 0.197 e. The lowest BCUT2D eigenvalue weighted by Crippen LogP contribution is -2.15. The van der Waals surface area contributed by atoms with Crippen molar-refractivity contribution >= 4 is 45.5 Å². The summed E-state index contributed by atoms with van der Waals surface area (Å²) in [6.07, 6.45) is 1.77. The molecule has 37 heavy (non-hydrogen) atoms. The van der Waals surface area contributed by atoms with Crippen molar-refractivity contribution < 1.29 is 9.59 Å². The number of Topliss-reactive ketones (excluding diaryl/α,β-unsaturated/α-hetero) is 2. The van der Waals surface area contributed by atoms with Gasteiger partial charge in [0, 0.05) is 27.8 Å². The zero-order chi connectivity index (χ0) is 25.3. The van der Waals surface area contributed by atoms with Crippen molar-refractivity contribution in [3.63, 3.8) is 0 Å². The van der Waals surface area contributed by atoms with Crippen LogP contribution in [0.5, 0.6) is 0 Å². The predicted molar refractivity (Wildman–Crippen MR) is 150 cm³/mol. The number of hydrogen-bond donors (Lipinski definition) is 0. The van der Waals surface area contributed by atoms with Crippen LogP contribution in [0.3, 0.4) is 0 Å². The Morgan fingerprint density at radius 2 is 1.24 bits per heavy atom. The Kier molecular flexibility index (Phi) is 4.58. The van der Waals surface area contributed by atoms with Gasteiger partial charge in [-0.2, -0.15) is 0 Å². The van der Waals surface area contributed by atoms with Gasteiger partial charge in [0.15, 0.2) is 11.6 Å². The minimum Gasteiger partial charge on any atom is -0.309 e. The van der Waals surface area contributed by atoms with E-state index in [0.717, 1.165) is 39.0 Å². The molecule has 3 nitrogen and oxygen atoms in total. The van der Waals surface area contributed by atoms with Gasteiger partial charge in [-0.25, -0.2) is 0 Å². The van der Waals surface area contributed by atoms with Crippen molar-refractivity contribution in [2.75, 3.05) is 4.90 Å². The van der Waals surface area contributed by atoms with Gasteiger partial charge in [0.05, 0.1) is 16.9 Å². The Balaban J connectivity index is 1.49. The van der Waals surface area contributed by atoms with Crippen LogP contribution in [0.25, 0.3) is 28.0 Å². The number of anilines is 3. The van der Waals surface area contributed by atoms with E-state index in [2.05, 4.69) is 85.5 Å². The lowest BCUT2D eigenvalue weighted by atomic mass is 9.88. The van der Waals surface area contributed by atoms with E-state index in [1.807, 2.05) is 6.07 Å². The maximum absolute atomic E-state index is 13.1. The zero-order valence-corrected chi connectivity index (χ0v) is 20.6. The summed E-state index contributed by atoms with van der Waals surface area (Å²) in [4.78, 5) is 28.5. The van der Waals surface area contributed by atoms with E-state index in [9.17, 15) is 9.59 Å². The molecular weight excluding hydrogens is 454 g/mol. The molecule has 0 saturated carbocycles. The van der Waals surface area contributed by atoms with E-state index in [-0.39, 0.29) is 17.1 Å². The monoisotopic (exact) mass is 477 g/mol. The average molecular weight is 478 g/mol. The number of aryl methyl sites for hydroxylation is 2. The summed E-state index contributed by atoms with van der Waals surface area (Å²) in [7, 11) is 0. The molecular formula is C34H23NO2. The summed E-state index contributed by atoms with van der Waals surface area (Å²) < 4.78 is 0. The third-order valence-electron chi connectivity index (χ3n) is 7.47. The first-order chi connectivity index (χ1) is 18.0. The Morgan fingerprint density at radius 3 is 1.97 bits per heavy atom. The number of allylic oxidation sites excluding steroid dienone is 1. The number of carbonyl (C=O) groups excluding carboxylic acids is 2. The van der Waals surface area contributed by atoms with Crippen LogP contribution < -0.4 is 4.90 Å². The summed E-state index contributed by atoms with van der Waals surface area (Å²) in [6.45, 7) is 4.21. The fraction of sp³-hybridized carbons (Fsp3) is 0.0588. The summed E-state index contributed by atoms with van der Waals surface area (Å²) in [5, 5.41) is 2.13. The Labute approximate surface area is 215 Å². The molecule has 0 saturated heterocycles. The first kappa shape index (κ1) is 21.5. The quantitative estimate of drug-likeness (QED) is 0.186. The van der Waals surface area contributed by atoms with E-state index in [1.165, 1.54) is 16.7 Å². The summed E-state index contributed by atoms with van der Waals surface area (Å²) >= 11 is 0. The van der Waals surface area contributed by atoms with Gasteiger partial charge in [-0.05, 0) is 66.8 Å². The number of ketones is 2. The van der Waals surface area contributed by atoms with Gasteiger partial charge >= 0.3 is 0 Å². The van der Waals surface area contributed by atoms with E-state index < -0.39 is 0 Å². The normalized spacial score (nSPS) is 13.7. The van der Waals surface area contributed by atoms with Gasteiger partial charge in [0.2, 0.25) is 0 Å². The Bertz CT molecular complexity index is 1790. The van der Waals surface area contributed by atoms with Crippen LogP contribution in [0.4, 0.5) is 17.1 Å². The van der Waals surface area contributed by atoms with E-state index in [4.69, 9.17) is 0 Å². The number of benzene rings is 5. The highest BCUT2D eigenvalue weighted by Crippen LogP contribution is 2.51. The fourth-order valence-corrected chi connectivity index (χ4v) is 5.67. The molecule has 0 aromatic heterocycles. The van der Waals surface area contributed by atoms with Crippen molar-refractivity contribution in [2.24, 2.45) is 0 Å². The first-order valence-electron chi connectivity index (χ1n) is 12.4. The van der Waals surface area contributed by atoms with Crippen LogP contribution in [0.15, 0.2) is 103 Å². The molecule has 0 bridgehead atoms. The molecule has 7 rings (SSSR count). The third-order valence-corrected chi connectivity index (χ3v) is 7.47. The van der Waals surface area contributed by atoms with Gasteiger partial charge in [-0.3, -0.25) is 9.59 Å². The summed E-state index contributed by atoms with van der Waals surface area (Å²) in [6, 6.07) is 32.7. The lowest BCUT2D eigenvalue weighted by Gasteiger charge is -2.34.